The van der Waals surface area contributed by atoms with Gasteiger partial charge < -0.3 is 14.2 Å². The van der Waals surface area contributed by atoms with Gasteiger partial charge in [-0.15, -0.1) is 0 Å². The summed E-state index contributed by atoms with van der Waals surface area (Å²) in [6.45, 7) is 10.4. The Balaban J connectivity index is 1.95. The lowest BCUT2D eigenvalue weighted by Gasteiger charge is -2.41. The largest absolute Gasteiger partial charge is 0.459 e. The maximum Gasteiger partial charge on any atom is 0.329 e. The average Bonchev–Trinajstić information content (AvgIpc) is 2.70. The molecule has 0 unspecified atom stereocenters. The second kappa shape index (κ2) is 11.2. The first-order valence-corrected chi connectivity index (χ1v) is 12.9. The van der Waals surface area contributed by atoms with Crippen LogP contribution in [0.25, 0.3) is 0 Å². The molecule has 0 atom stereocenters. The molecular weight excluding hydrogens is 406 g/mol. The smallest absolute Gasteiger partial charge is 0.329 e. The molecule has 0 aromatic heterocycles. The van der Waals surface area contributed by atoms with Crippen LogP contribution in [0.3, 0.4) is 0 Å². The van der Waals surface area contributed by atoms with Crippen LogP contribution in [0, 0.1) is 5.92 Å². The van der Waals surface area contributed by atoms with E-state index in [4.69, 9.17) is 14.2 Å². The molecular formula is C22H41NO6S. The molecule has 8 heteroatoms. The topological polar surface area (TPSA) is 82.1 Å². The third-order valence-electron chi connectivity index (χ3n) is 6.04. The van der Waals surface area contributed by atoms with Crippen molar-refractivity contribution in [3.8, 4) is 0 Å². The summed E-state index contributed by atoms with van der Waals surface area (Å²) in [4.78, 5) is 13.0. The number of hydrogen-bond acceptors (Lipinski definition) is 6. The van der Waals surface area contributed by atoms with Crippen molar-refractivity contribution in [2.75, 3.05) is 39.5 Å². The Morgan fingerprint density at radius 1 is 1.10 bits per heavy atom. The Morgan fingerprint density at radius 3 is 2.30 bits per heavy atom. The van der Waals surface area contributed by atoms with Crippen molar-refractivity contribution < 1.29 is 27.4 Å². The molecule has 2 fully saturated rings. The number of piperidine rings is 1. The van der Waals surface area contributed by atoms with Gasteiger partial charge in [-0.05, 0) is 52.4 Å². The molecule has 0 aromatic carbocycles. The fourth-order valence-electron chi connectivity index (χ4n) is 4.13. The highest BCUT2D eigenvalue weighted by atomic mass is 32.2. The first kappa shape index (κ1) is 25.6. The van der Waals surface area contributed by atoms with Gasteiger partial charge in [0.2, 0.25) is 10.0 Å². The Hall–Kier alpha value is -0.700. The Morgan fingerprint density at radius 2 is 1.73 bits per heavy atom. The van der Waals surface area contributed by atoms with Crippen molar-refractivity contribution in [3.05, 3.63) is 0 Å². The maximum absolute atomic E-state index is 13.6. The highest BCUT2D eigenvalue weighted by Gasteiger charge is 2.56. The summed E-state index contributed by atoms with van der Waals surface area (Å²) in [5, 5.41) is 0. The molecule has 176 valence electrons. The predicted molar refractivity (Wildman–Crippen MR) is 117 cm³/mol. The molecule has 2 rings (SSSR count). The number of esters is 1. The lowest BCUT2D eigenvalue weighted by Crippen LogP contribution is -2.59. The number of sulfonamides is 1. The van der Waals surface area contributed by atoms with Crippen molar-refractivity contribution in [1.29, 1.82) is 0 Å². The van der Waals surface area contributed by atoms with Crippen LogP contribution < -0.4 is 0 Å². The normalized spacial score (nSPS) is 21.5. The van der Waals surface area contributed by atoms with E-state index in [-0.39, 0.29) is 26.1 Å². The summed E-state index contributed by atoms with van der Waals surface area (Å²) in [5.41, 5.74) is -0.734. The molecule has 0 bridgehead atoms. The third kappa shape index (κ3) is 6.65. The fraction of sp³-hybridized carbons (Fsp3) is 0.955. The molecule has 2 saturated heterocycles. The Bertz CT molecular complexity index is 629. The molecule has 2 heterocycles. The monoisotopic (exact) mass is 447 g/mol. The van der Waals surface area contributed by atoms with Crippen molar-refractivity contribution in [2.45, 2.75) is 89.4 Å². The van der Waals surface area contributed by atoms with Gasteiger partial charge in [-0.3, -0.25) is 4.79 Å². The van der Waals surface area contributed by atoms with Crippen LogP contribution in [0.1, 0.15) is 79.1 Å². The van der Waals surface area contributed by atoms with E-state index in [0.717, 1.165) is 38.9 Å². The van der Waals surface area contributed by atoms with Crippen LogP contribution in [0.4, 0.5) is 0 Å². The van der Waals surface area contributed by atoms with Gasteiger partial charge in [-0.2, -0.15) is 0 Å². The average molecular weight is 448 g/mol. The standard InChI is InChI=1S/C22H41NO6S/c1-5-6-7-15-27-16-10-19-8-13-23(14-9-19)30(25,26)22(11-17-28-18-12-22)20(24)29-21(2,3)4/h19H,5-18H2,1-4H3. The van der Waals surface area contributed by atoms with Crippen LogP contribution >= 0.6 is 0 Å². The summed E-state index contributed by atoms with van der Waals surface area (Å²) >= 11 is 0. The first-order chi connectivity index (χ1) is 14.1. The predicted octanol–water partition coefficient (Wildman–Crippen LogP) is 3.52. The second-order valence-corrected chi connectivity index (χ2v) is 11.8. The van der Waals surface area contributed by atoms with E-state index in [1.54, 1.807) is 20.8 Å². The van der Waals surface area contributed by atoms with E-state index in [0.29, 0.717) is 19.0 Å². The summed E-state index contributed by atoms with van der Waals surface area (Å²) in [7, 11) is -3.83. The van der Waals surface area contributed by atoms with E-state index in [2.05, 4.69) is 6.92 Å². The zero-order chi connectivity index (χ0) is 22.3. The van der Waals surface area contributed by atoms with Gasteiger partial charge in [0.25, 0.3) is 0 Å². The zero-order valence-corrected chi connectivity index (χ0v) is 20.1. The van der Waals surface area contributed by atoms with E-state index in [1.165, 1.54) is 17.1 Å². The summed E-state index contributed by atoms with van der Waals surface area (Å²) in [5.74, 6) is -0.171. The van der Waals surface area contributed by atoms with Gasteiger partial charge in [-0.25, -0.2) is 12.7 Å². The number of nitrogens with zero attached hydrogens (tertiary/aromatic N) is 1. The van der Waals surface area contributed by atoms with Crippen LogP contribution in [-0.2, 0) is 29.0 Å². The van der Waals surface area contributed by atoms with Gasteiger partial charge in [0.05, 0.1) is 0 Å². The fourth-order valence-corrected chi connectivity index (χ4v) is 6.25. The van der Waals surface area contributed by atoms with E-state index >= 15 is 0 Å². The van der Waals surface area contributed by atoms with E-state index in [9.17, 15) is 13.2 Å². The quantitative estimate of drug-likeness (QED) is 0.376. The van der Waals surface area contributed by atoms with Crippen LogP contribution in [0.15, 0.2) is 0 Å². The van der Waals surface area contributed by atoms with Crippen LogP contribution in [0.5, 0.6) is 0 Å². The molecule has 0 N–H and O–H groups in total. The van der Waals surface area contributed by atoms with Crippen molar-refractivity contribution in [1.82, 2.24) is 4.31 Å². The molecule has 0 spiro atoms. The van der Waals surface area contributed by atoms with E-state index in [1.807, 2.05) is 0 Å². The van der Waals surface area contributed by atoms with E-state index < -0.39 is 26.3 Å². The number of carbonyl (C=O) groups excluding carboxylic acids is 1. The zero-order valence-electron chi connectivity index (χ0n) is 19.3. The summed E-state index contributed by atoms with van der Waals surface area (Å²) < 4.78 is 43.8. The second-order valence-electron chi connectivity index (χ2n) is 9.56. The van der Waals surface area contributed by atoms with Crippen LogP contribution in [0.2, 0.25) is 0 Å². The molecule has 2 aliphatic rings. The highest BCUT2D eigenvalue weighted by molar-refractivity contribution is 7.91. The molecule has 0 aliphatic carbocycles. The summed E-state index contributed by atoms with van der Waals surface area (Å²) in [6.07, 6.45) is 6.35. The lowest BCUT2D eigenvalue weighted by molar-refractivity contribution is -0.161. The molecule has 0 aromatic rings. The van der Waals surface area contributed by atoms with Gasteiger partial charge in [0.15, 0.2) is 4.75 Å². The molecule has 0 amide bonds. The molecule has 0 saturated carbocycles. The molecule has 2 aliphatic heterocycles. The number of ether oxygens (including phenoxy) is 3. The SMILES string of the molecule is CCCCCOCCC1CCN(S(=O)(=O)C2(C(=O)OC(C)(C)C)CCOCC2)CC1. The number of hydrogen-bond donors (Lipinski definition) is 0. The minimum absolute atomic E-state index is 0.149. The van der Waals surface area contributed by atoms with Crippen molar-refractivity contribution >= 4 is 16.0 Å². The van der Waals surface area contributed by atoms with Gasteiger partial charge >= 0.3 is 5.97 Å². The first-order valence-electron chi connectivity index (χ1n) is 11.5. The highest BCUT2D eigenvalue weighted by Crippen LogP contribution is 2.37. The lowest BCUT2D eigenvalue weighted by atomic mass is 9.95. The molecule has 7 nitrogen and oxygen atoms in total. The molecule has 0 radical (unpaired) electrons. The van der Waals surface area contributed by atoms with Crippen molar-refractivity contribution in [3.63, 3.8) is 0 Å². The van der Waals surface area contributed by atoms with Gasteiger partial charge in [-0.1, -0.05) is 19.8 Å². The Labute approximate surface area is 182 Å². The molecule has 30 heavy (non-hydrogen) atoms. The summed E-state index contributed by atoms with van der Waals surface area (Å²) in [6, 6.07) is 0. The number of rotatable bonds is 10. The minimum atomic E-state index is -3.83. The third-order valence-corrected chi connectivity index (χ3v) is 8.65. The van der Waals surface area contributed by atoms with Crippen LogP contribution in [-0.4, -0.2) is 68.6 Å². The number of unbranched alkanes of at least 4 members (excludes halogenated alkanes) is 2. The number of carbonyl (C=O) groups is 1. The van der Waals surface area contributed by atoms with Gasteiger partial charge in [0.1, 0.15) is 5.60 Å². The van der Waals surface area contributed by atoms with Gasteiger partial charge in [0, 0.05) is 52.4 Å². The van der Waals surface area contributed by atoms with Crippen molar-refractivity contribution in [2.24, 2.45) is 5.92 Å². The maximum atomic E-state index is 13.6. The minimum Gasteiger partial charge on any atom is -0.459 e. The Kier molecular flexibility index (Phi) is 9.58.